The molecular weight excluding hydrogens is 262 g/mol. The topological polar surface area (TPSA) is 81.2 Å². The van der Waals surface area contributed by atoms with Gasteiger partial charge in [-0.2, -0.15) is 0 Å². The van der Waals surface area contributed by atoms with E-state index in [0.717, 1.165) is 16.5 Å². The first-order valence-corrected chi connectivity index (χ1v) is 6.99. The summed E-state index contributed by atoms with van der Waals surface area (Å²) in [5.74, 6) is 1.37. The minimum atomic E-state index is -0.193. The zero-order chi connectivity index (χ0) is 13.8. The third kappa shape index (κ3) is 3.42. The summed E-state index contributed by atoms with van der Waals surface area (Å²) in [6, 6.07) is 3.56. The average molecular weight is 279 g/mol. The highest BCUT2D eigenvalue weighted by atomic mass is 32.1. The lowest BCUT2D eigenvalue weighted by molar-refractivity contribution is 0.0930. The van der Waals surface area contributed by atoms with Crippen molar-refractivity contribution >= 4 is 17.2 Å². The first-order valence-electron chi connectivity index (χ1n) is 6.12. The van der Waals surface area contributed by atoms with Crippen molar-refractivity contribution in [2.24, 2.45) is 5.73 Å². The number of furan rings is 1. The van der Waals surface area contributed by atoms with Crippen molar-refractivity contribution in [1.82, 2.24) is 10.3 Å². The average Bonchev–Trinajstić information content (AvgIpc) is 2.98. The highest BCUT2D eigenvalue weighted by molar-refractivity contribution is 7.09. The smallest absolute Gasteiger partial charge is 0.271 e. The molecule has 3 N–H and O–H groups in total. The van der Waals surface area contributed by atoms with Crippen LogP contribution in [0.25, 0.3) is 0 Å². The summed E-state index contributed by atoms with van der Waals surface area (Å²) in [6.07, 6.45) is 0.699. The zero-order valence-corrected chi connectivity index (χ0v) is 11.8. The Morgan fingerprint density at radius 1 is 1.58 bits per heavy atom. The van der Waals surface area contributed by atoms with Gasteiger partial charge in [-0.3, -0.25) is 4.79 Å². The number of thiazole rings is 1. The molecule has 1 atom stereocenters. The third-order valence-electron chi connectivity index (χ3n) is 2.68. The molecule has 2 heterocycles. The molecule has 2 aromatic rings. The Bertz CT molecular complexity index is 562. The molecule has 0 saturated carbocycles. The van der Waals surface area contributed by atoms with E-state index in [1.54, 1.807) is 5.38 Å². The molecule has 0 aliphatic heterocycles. The fourth-order valence-electron chi connectivity index (χ4n) is 1.68. The second-order valence-electron chi connectivity index (χ2n) is 4.31. The van der Waals surface area contributed by atoms with E-state index in [0.29, 0.717) is 18.7 Å². The molecule has 0 fully saturated rings. The summed E-state index contributed by atoms with van der Waals surface area (Å²) in [4.78, 5) is 16.3. The van der Waals surface area contributed by atoms with E-state index in [1.807, 2.05) is 26.0 Å². The minimum Gasteiger partial charge on any atom is -0.464 e. The Kier molecular flexibility index (Phi) is 4.34. The van der Waals surface area contributed by atoms with Crippen LogP contribution in [0.4, 0.5) is 0 Å². The Labute approximate surface area is 115 Å². The summed E-state index contributed by atoms with van der Waals surface area (Å²) >= 11 is 1.45. The number of hydrogen-bond donors (Lipinski definition) is 2. The van der Waals surface area contributed by atoms with Gasteiger partial charge >= 0.3 is 0 Å². The molecule has 1 unspecified atom stereocenters. The number of nitrogens with two attached hydrogens (primary N) is 1. The van der Waals surface area contributed by atoms with Crippen molar-refractivity contribution in [3.63, 3.8) is 0 Å². The number of rotatable bonds is 5. The molecule has 5 nitrogen and oxygen atoms in total. The van der Waals surface area contributed by atoms with Crippen LogP contribution in [-0.4, -0.2) is 17.4 Å². The quantitative estimate of drug-likeness (QED) is 0.877. The molecular formula is C13H17N3O2S. The van der Waals surface area contributed by atoms with Gasteiger partial charge in [0.25, 0.3) is 5.91 Å². The Hall–Kier alpha value is -1.66. The normalized spacial score (nSPS) is 12.4. The van der Waals surface area contributed by atoms with Gasteiger partial charge in [-0.05, 0) is 32.5 Å². The van der Waals surface area contributed by atoms with E-state index in [2.05, 4.69) is 10.3 Å². The van der Waals surface area contributed by atoms with Crippen molar-refractivity contribution in [3.8, 4) is 0 Å². The number of aromatic nitrogens is 1. The predicted molar refractivity (Wildman–Crippen MR) is 74.2 cm³/mol. The first kappa shape index (κ1) is 13.8. The van der Waals surface area contributed by atoms with Gasteiger partial charge in [0.1, 0.15) is 17.2 Å². The largest absolute Gasteiger partial charge is 0.464 e. The molecule has 6 heteroatoms. The van der Waals surface area contributed by atoms with E-state index < -0.39 is 0 Å². The van der Waals surface area contributed by atoms with Gasteiger partial charge in [-0.25, -0.2) is 4.98 Å². The van der Waals surface area contributed by atoms with Crippen LogP contribution in [0, 0.1) is 6.92 Å². The maximum atomic E-state index is 12.0. The molecule has 0 aromatic carbocycles. The highest BCUT2D eigenvalue weighted by Gasteiger charge is 2.16. The van der Waals surface area contributed by atoms with Gasteiger partial charge in [0.15, 0.2) is 0 Å². The Morgan fingerprint density at radius 2 is 2.37 bits per heavy atom. The molecule has 0 aliphatic carbocycles. The van der Waals surface area contributed by atoms with E-state index in [4.69, 9.17) is 10.2 Å². The monoisotopic (exact) mass is 279 g/mol. The lowest BCUT2D eigenvalue weighted by Crippen LogP contribution is -2.26. The molecule has 0 aliphatic rings. The van der Waals surface area contributed by atoms with E-state index in [-0.39, 0.29) is 11.9 Å². The first-order chi connectivity index (χ1) is 9.10. The van der Waals surface area contributed by atoms with Gasteiger partial charge in [-0.15, -0.1) is 11.3 Å². The summed E-state index contributed by atoms with van der Waals surface area (Å²) < 4.78 is 5.48. The number of carbonyl (C=O) groups excluding carboxylic acids is 1. The molecule has 0 radical (unpaired) electrons. The van der Waals surface area contributed by atoms with Crippen molar-refractivity contribution < 1.29 is 9.21 Å². The molecule has 2 rings (SSSR count). The SMILES string of the molecule is Cc1ccc(C(C)NC(=O)c2csc(CCN)n2)o1. The summed E-state index contributed by atoms with van der Waals surface area (Å²) in [7, 11) is 0. The number of nitrogens with one attached hydrogen (secondary N) is 1. The number of carbonyl (C=O) groups is 1. The van der Waals surface area contributed by atoms with Crippen LogP contribution in [0.1, 0.15) is 40.0 Å². The van der Waals surface area contributed by atoms with Crippen LogP contribution in [0.5, 0.6) is 0 Å². The molecule has 1 amide bonds. The van der Waals surface area contributed by atoms with Gasteiger partial charge in [0, 0.05) is 11.8 Å². The number of hydrogen-bond acceptors (Lipinski definition) is 5. The molecule has 0 bridgehead atoms. The second kappa shape index (κ2) is 5.99. The zero-order valence-electron chi connectivity index (χ0n) is 11.0. The third-order valence-corrected chi connectivity index (χ3v) is 3.59. The molecule has 19 heavy (non-hydrogen) atoms. The minimum absolute atomic E-state index is 0.180. The standard InChI is InChI=1S/C13H17N3O2S/c1-8-3-4-11(18-8)9(2)15-13(17)10-7-19-12(16-10)5-6-14/h3-4,7,9H,5-6,14H2,1-2H3,(H,15,17). The van der Waals surface area contributed by atoms with Crippen LogP contribution in [0.15, 0.2) is 21.9 Å². The number of nitrogens with zero attached hydrogens (tertiary/aromatic N) is 1. The maximum absolute atomic E-state index is 12.0. The highest BCUT2D eigenvalue weighted by Crippen LogP contribution is 2.17. The summed E-state index contributed by atoms with van der Waals surface area (Å²) in [6.45, 7) is 4.29. The predicted octanol–water partition coefficient (Wildman–Crippen LogP) is 2.04. The van der Waals surface area contributed by atoms with Crippen LogP contribution >= 0.6 is 11.3 Å². The number of amides is 1. The number of aryl methyl sites for hydroxylation is 1. The molecule has 0 spiro atoms. The van der Waals surface area contributed by atoms with Gasteiger partial charge in [0.2, 0.25) is 0 Å². The van der Waals surface area contributed by atoms with E-state index >= 15 is 0 Å². The fraction of sp³-hybridized carbons (Fsp3) is 0.385. The fourth-order valence-corrected chi connectivity index (χ4v) is 2.48. The lowest BCUT2D eigenvalue weighted by Gasteiger charge is -2.09. The van der Waals surface area contributed by atoms with E-state index in [1.165, 1.54) is 11.3 Å². The van der Waals surface area contributed by atoms with Gasteiger partial charge in [0.05, 0.1) is 11.0 Å². The maximum Gasteiger partial charge on any atom is 0.271 e. The summed E-state index contributed by atoms with van der Waals surface area (Å²) in [5.41, 5.74) is 5.89. The van der Waals surface area contributed by atoms with Crippen LogP contribution < -0.4 is 11.1 Å². The van der Waals surface area contributed by atoms with Crippen molar-refractivity contribution in [2.45, 2.75) is 26.3 Å². The Balaban J connectivity index is 1.99. The van der Waals surface area contributed by atoms with Crippen LogP contribution in [-0.2, 0) is 6.42 Å². The second-order valence-corrected chi connectivity index (χ2v) is 5.25. The summed E-state index contributed by atoms with van der Waals surface area (Å²) in [5, 5.41) is 5.50. The van der Waals surface area contributed by atoms with Crippen molar-refractivity contribution in [2.75, 3.05) is 6.54 Å². The van der Waals surface area contributed by atoms with Crippen LogP contribution in [0.2, 0.25) is 0 Å². The Morgan fingerprint density at radius 3 is 3.00 bits per heavy atom. The van der Waals surface area contributed by atoms with Crippen molar-refractivity contribution in [3.05, 3.63) is 39.7 Å². The van der Waals surface area contributed by atoms with E-state index in [9.17, 15) is 4.79 Å². The lowest BCUT2D eigenvalue weighted by atomic mass is 10.2. The van der Waals surface area contributed by atoms with Crippen LogP contribution in [0.3, 0.4) is 0 Å². The molecule has 0 saturated heterocycles. The molecule has 2 aromatic heterocycles. The van der Waals surface area contributed by atoms with Gasteiger partial charge < -0.3 is 15.5 Å². The van der Waals surface area contributed by atoms with Gasteiger partial charge in [-0.1, -0.05) is 0 Å². The molecule has 102 valence electrons. The van der Waals surface area contributed by atoms with Crippen molar-refractivity contribution in [1.29, 1.82) is 0 Å².